The van der Waals surface area contributed by atoms with Crippen molar-refractivity contribution in [3.05, 3.63) is 89.4 Å². The molecule has 8 nitrogen and oxygen atoms in total. The fraction of sp³-hybridized carbons (Fsp3) is 0.217. The summed E-state index contributed by atoms with van der Waals surface area (Å²) in [6.45, 7) is 3.37. The number of carbonyl (C=O) groups is 2. The number of nitrogens with one attached hydrogen (secondary N) is 2. The van der Waals surface area contributed by atoms with Gasteiger partial charge < -0.3 is 14.5 Å². The topological polar surface area (TPSA) is 115 Å². The molecule has 3 rings (SSSR count). The number of carbonyl (C=O) groups excluding carboxylic acids is 2. The van der Waals surface area contributed by atoms with E-state index in [1.807, 2.05) is 38.1 Å². The molecule has 0 aliphatic carbocycles. The SMILES string of the molecule is Cc1ccccc1C(C)NC(=O)COC(=O)c1ccc(S(=O)(=O)NCc2ccco2)cc1. The second-order valence-corrected chi connectivity index (χ2v) is 8.92. The van der Waals surface area contributed by atoms with Crippen LogP contribution in [0.15, 0.2) is 76.2 Å². The zero-order valence-corrected chi connectivity index (χ0v) is 18.5. The van der Waals surface area contributed by atoms with Crippen molar-refractivity contribution in [3.63, 3.8) is 0 Å². The van der Waals surface area contributed by atoms with Crippen LogP contribution in [-0.4, -0.2) is 26.9 Å². The number of furan rings is 1. The lowest BCUT2D eigenvalue weighted by molar-refractivity contribution is -0.124. The minimum atomic E-state index is -3.77. The van der Waals surface area contributed by atoms with E-state index in [9.17, 15) is 18.0 Å². The monoisotopic (exact) mass is 456 g/mol. The molecule has 0 fully saturated rings. The number of ether oxygens (including phenoxy) is 1. The molecule has 3 aromatic rings. The molecule has 1 heterocycles. The van der Waals surface area contributed by atoms with E-state index in [0.717, 1.165) is 11.1 Å². The maximum absolute atomic E-state index is 12.3. The Morgan fingerprint density at radius 1 is 1.03 bits per heavy atom. The van der Waals surface area contributed by atoms with Crippen LogP contribution >= 0.6 is 0 Å². The third kappa shape index (κ3) is 6.05. The highest BCUT2D eigenvalue weighted by Crippen LogP contribution is 2.16. The van der Waals surface area contributed by atoms with Crippen molar-refractivity contribution in [1.82, 2.24) is 10.0 Å². The van der Waals surface area contributed by atoms with Crippen LogP contribution in [0.3, 0.4) is 0 Å². The molecule has 0 saturated heterocycles. The molecule has 2 aromatic carbocycles. The van der Waals surface area contributed by atoms with Crippen molar-refractivity contribution in [1.29, 1.82) is 0 Å². The van der Waals surface area contributed by atoms with Gasteiger partial charge in [-0.2, -0.15) is 0 Å². The second kappa shape index (κ2) is 10.3. The zero-order valence-electron chi connectivity index (χ0n) is 17.7. The van der Waals surface area contributed by atoms with E-state index in [0.29, 0.717) is 5.76 Å². The van der Waals surface area contributed by atoms with Gasteiger partial charge in [-0.1, -0.05) is 24.3 Å². The highest BCUT2D eigenvalue weighted by atomic mass is 32.2. The Morgan fingerprint density at radius 2 is 1.75 bits per heavy atom. The van der Waals surface area contributed by atoms with Crippen molar-refractivity contribution in [2.45, 2.75) is 31.3 Å². The van der Waals surface area contributed by atoms with E-state index in [2.05, 4.69) is 10.0 Å². The first kappa shape index (κ1) is 23.2. The van der Waals surface area contributed by atoms with Gasteiger partial charge in [0.2, 0.25) is 10.0 Å². The molecule has 0 bridgehead atoms. The number of benzene rings is 2. The molecule has 0 radical (unpaired) electrons. The fourth-order valence-corrected chi connectivity index (χ4v) is 4.07. The zero-order chi connectivity index (χ0) is 23.1. The van der Waals surface area contributed by atoms with E-state index in [1.54, 1.807) is 12.1 Å². The van der Waals surface area contributed by atoms with E-state index in [-0.39, 0.29) is 23.0 Å². The lowest BCUT2D eigenvalue weighted by Crippen LogP contribution is -2.31. The van der Waals surface area contributed by atoms with Gasteiger partial charge in [0.15, 0.2) is 6.61 Å². The number of rotatable bonds is 9. The number of sulfonamides is 1. The summed E-state index contributed by atoms with van der Waals surface area (Å²) in [6.07, 6.45) is 1.45. The fourth-order valence-electron chi connectivity index (χ4n) is 3.08. The van der Waals surface area contributed by atoms with Crippen LogP contribution in [0.1, 0.15) is 40.2 Å². The summed E-state index contributed by atoms with van der Waals surface area (Å²) in [6, 6.07) is 16.0. The Balaban J connectivity index is 1.52. The molecule has 2 N–H and O–H groups in total. The van der Waals surface area contributed by atoms with Crippen LogP contribution in [0.25, 0.3) is 0 Å². The molecule has 32 heavy (non-hydrogen) atoms. The number of aryl methyl sites for hydroxylation is 1. The average Bonchev–Trinajstić information content (AvgIpc) is 3.30. The van der Waals surface area contributed by atoms with Crippen molar-refractivity contribution < 1.29 is 27.2 Å². The Bertz CT molecular complexity index is 1170. The van der Waals surface area contributed by atoms with Gasteiger partial charge in [0.1, 0.15) is 5.76 Å². The first-order chi connectivity index (χ1) is 15.3. The molecular formula is C23H24N2O6S. The smallest absolute Gasteiger partial charge is 0.338 e. The molecule has 1 amide bonds. The van der Waals surface area contributed by atoms with Crippen LogP contribution in [0.4, 0.5) is 0 Å². The molecule has 0 spiro atoms. The average molecular weight is 457 g/mol. The highest BCUT2D eigenvalue weighted by molar-refractivity contribution is 7.89. The van der Waals surface area contributed by atoms with Crippen LogP contribution < -0.4 is 10.0 Å². The minimum Gasteiger partial charge on any atom is -0.468 e. The predicted octanol–water partition coefficient (Wildman–Crippen LogP) is 3.10. The van der Waals surface area contributed by atoms with Gasteiger partial charge in [0, 0.05) is 0 Å². The van der Waals surface area contributed by atoms with E-state index >= 15 is 0 Å². The Hall–Kier alpha value is -3.43. The third-order valence-electron chi connectivity index (χ3n) is 4.78. The van der Waals surface area contributed by atoms with Crippen molar-refractivity contribution in [2.75, 3.05) is 6.61 Å². The standard InChI is InChI=1S/C23H24N2O6S/c1-16-6-3-4-8-21(16)17(2)25-22(26)15-31-23(27)18-9-11-20(12-10-18)32(28,29)24-14-19-7-5-13-30-19/h3-13,17,24H,14-15H2,1-2H3,(H,25,26). The molecule has 0 aliphatic rings. The molecule has 0 saturated carbocycles. The first-order valence-electron chi connectivity index (χ1n) is 9.90. The highest BCUT2D eigenvalue weighted by Gasteiger charge is 2.17. The molecular weight excluding hydrogens is 432 g/mol. The molecule has 168 valence electrons. The summed E-state index contributed by atoms with van der Waals surface area (Å²) in [5.74, 6) is -0.685. The number of hydrogen-bond donors (Lipinski definition) is 2. The van der Waals surface area contributed by atoms with Crippen LogP contribution in [-0.2, 0) is 26.1 Å². The van der Waals surface area contributed by atoms with Gasteiger partial charge in [-0.25, -0.2) is 17.9 Å². The lowest BCUT2D eigenvalue weighted by atomic mass is 10.0. The summed E-state index contributed by atoms with van der Waals surface area (Å²) >= 11 is 0. The van der Waals surface area contributed by atoms with Gasteiger partial charge in [0.05, 0.1) is 29.3 Å². The summed E-state index contributed by atoms with van der Waals surface area (Å²) < 4.78 is 37.2. The van der Waals surface area contributed by atoms with Gasteiger partial charge in [-0.05, 0) is 61.4 Å². The number of amides is 1. The largest absolute Gasteiger partial charge is 0.468 e. The Kier molecular flexibility index (Phi) is 7.45. The third-order valence-corrected chi connectivity index (χ3v) is 6.20. The van der Waals surface area contributed by atoms with E-state index in [1.165, 1.54) is 30.5 Å². The minimum absolute atomic E-state index is 0.00888. The van der Waals surface area contributed by atoms with Crippen molar-refractivity contribution >= 4 is 21.9 Å². The van der Waals surface area contributed by atoms with Crippen molar-refractivity contribution in [3.8, 4) is 0 Å². The van der Waals surface area contributed by atoms with Crippen molar-refractivity contribution in [2.24, 2.45) is 0 Å². The molecule has 1 aromatic heterocycles. The maximum Gasteiger partial charge on any atom is 0.338 e. The van der Waals surface area contributed by atoms with E-state index in [4.69, 9.17) is 9.15 Å². The van der Waals surface area contributed by atoms with Crippen LogP contribution in [0.5, 0.6) is 0 Å². The molecule has 1 atom stereocenters. The van der Waals surface area contributed by atoms with Gasteiger partial charge in [-0.15, -0.1) is 0 Å². The van der Waals surface area contributed by atoms with Crippen LogP contribution in [0.2, 0.25) is 0 Å². The second-order valence-electron chi connectivity index (χ2n) is 7.15. The number of hydrogen-bond acceptors (Lipinski definition) is 6. The first-order valence-corrected chi connectivity index (χ1v) is 11.4. The van der Waals surface area contributed by atoms with Crippen LogP contribution in [0, 0.1) is 6.92 Å². The quantitative estimate of drug-likeness (QED) is 0.478. The van der Waals surface area contributed by atoms with E-state index < -0.39 is 28.5 Å². The summed E-state index contributed by atoms with van der Waals surface area (Å²) in [4.78, 5) is 24.4. The molecule has 9 heteroatoms. The number of esters is 1. The summed E-state index contributed by atoms with van der Waals surface area (Å²) in [5.41, 5.74) is 2.16. The Labute approximate surface area is 186 Å². The maximum atomic E-state index is 12.3. The summed E-state index contributed by atoms with van der Waals surface area (Å²) in [7, 11) is -3.77. The molecule has 1 unspecified atom stereocenters. The summed E-state index contributed by atoms with van der Waals surface area (Å²) in [5, 5.41) is 2.79. The predicted molar refractivity (Wildman–Crippen MR) is 117 cm³/mol. The van der Waals surface area contributed by atoms with Gasteiger partial charge in [0.25, 0.3) is 5.91 Å². The lowest BCUT2D eigenvalue weighted by Gasteiger charge is -2.16. The Morgan fingerprint density at radius 3 is 2.41 bits per heavy atom. The van der Waals surface area contributed by atoms with Gasteiger partial charge in [-0.3, -0.25) is 4.79 Å². The normalized spacial score (nSPS) is 12.2. The van der Waals surface area contributed by atoms with Gasteiger partial charge >= 0.3 is 5.97 Å². The molecule has 0 aliphatic heterocycles.